The van der Waals surface area contributed by atoms with Gasteiger partial charge in [-0.15, -0.1) is 0 Å². The second-order valence-electron chi connectivity index (χ2n) is 5.94. The van der Waals surface area contributed by atoms with Crippen molar-refractivity contribution in [1.82, 2.24) is 0 Å². The summed E-state index contributed by atoms with van der Waals surface area (Å²) in [5.74, 6) is -0.158. The Kier molecular flexibility index (Phi) is 9.10. The number of hydrogen-bond donors (Lipinski definition) is 0. The van der Waals surface area contributed by atoms with Gasteiger partial charge in [-0.05, 0) is 25.5 Å². The van der Waals surface area contributed by atoms with Crippen molar-refractivity contribution in [1.29, 1.82) is 0 Å². The Morgan fingerprint density at radius 1 is 0.957 bits per heavy atom. The summed E-state index contributed by atoms with van der Waals surface area (Å²) in [5.41, 5.74) is 0.971. The maximum absolute atomic E-state index is 12.0. The fourth-order valence-corrected chi connectivity index (χ4v) is 3.16. The highest BCUT2D eigenvalue weighted by Gasteiger charge is 2.16. The predicted octanol–water partition coefficient (Wildman–Crippen LogP) is 4.41. The van der Waals surface area contributed by atoms with Gasteiger partial charge in [-0.1, -0.05) is 63.1 Å². The van der Waals surface area contributed by atoms with Gasteiger partial charge in [0.15, 0.2) is 5.78 Å². The quantitative estimate of drug-likeness (QED) is 0.418. The van der Waals surface area contributed by atoms with E-state index in [-0.39, 0.29) is 17.3 Å². The van der Waals surface area contributed by atoms with E-state index in [4.69, 9.17) is 4.18 Å². The largest absolute Gasteiger partial charge is 0.297 e. The van der Waals surface area contributed by atoms with Crippen LogP contribution >= 0.6 is 0 Å². The molecular weight excluding hydrogens is 312 g/mol. The molecule has 0 spiro atoms. The monoisotopic (exact) mass is 340 g/mol. The van der Waals surface area contributed by atoms with Crippen molar-refractivity contribution >= 4 is 15.9 Å². The molecule has 0 heterocycles. The lowest BCUT2D eigenvalue weighted by Gasteiger charge is -2.06. The van der Waals surface area contributed by atoms with Gasteiger partial charge in [-0.2, -0.15) is 8.42 Å². The number of rotatable bonds is 12. The summed E-state index contributed by atoms with van der Waals surface area (Å²) in [6, 6.07) is 6.39. The van der Waals surface area contributed by atoms with Gasteiger partial charge >= 0.3 is 0 Å². The molecule has 0 fully saturated rings. The lowest BCUT2D eigenvalue weighted by molar-refractivity contribution is -0.121. The van der Waals surface area contributed by atoms with Gasteiger partial charge in [0.05, 0.1) is 4.90 Å². The number of unbranched alkanes of at least 4 members (excludes halogenated alkanes) is 6. The first kappa shape index (κ1) is 19.8. The Hall–Kier alpha value is -1.20. The molecule has 0 N–H and O–H groups in total. The number of hydrogen-bond acceptors (Lipinski definition) is 4. The van der Waals surface area contributed by atoms with Gasteiger partial charge in [0.25, 0.3) is 10.1 Å². The maximum Gasteiger partial charge on any atom is 0.297 e. The second-order valence-corrected chi connectivity index (χ2v) is 7.55. The van der Waals surface area contributed by atoms with E-state index >= 15 is 0 Å². The van der Waals surface area contributed by atoms with Crippen LogP contribution in [0.2, 0.25) is 0 Å². The molecule has 0 saturated heterocycles. The van der Waals surface area contributed by atoms with Gasteiger partial charge < -0.3 is 0 Å². The van der Waals surface area contributed by atoms with Gasteiger partial charge in [0, 0.05) is 6.42 Å². The molecule has 1 aromatic rings. The molecule has 0 bridgehead atoms. The molecule has 1 aromatic carbocycles. The standard InChI is InChI=1S/C18H28O4S/c1-3-4-5-6-7-8-9-10-17(19)15-22-23(20,21)18-13-11-16(2)12-14-18/h11-14H,3-10,15H2,1-2H3. The average Bonchev–Trinajstić information content (AvgIpc) is 2.52. The highest BCUT2D eigenvalue weighted by Crippen LogP contribution is 2.14. The fourth-order valence-electron chi connectivity index (χ4n) is 2.27. The van der Waals surface area contributed by atoms with Gasteiger partial charge in [-0.25, -0.2) is 0 Å². The van der Waals surface area contributed by atoms with Crippen LogP contribution in [0.4, 0.5) is 0 Å². The molecule has 130 valence electrons. The number of Topliss-reactive ketones (excluding diaryl/α,β-unsaturated/α-hetero) is 1. The van der Waals surface area contributed by atoms with Crippen LogP contribution in [0.15, 0.2) is 29.2 Å². The zero-order valence-electron chi connectivity index (χ0n) is 14.2. The second kappa shape index (κ2) is 10.6. The average molecular weight is 340 g/mol. The molecule has 0 amide bonds. The van der Waals surface area contributed by atoms with E-state index in [2.05, 4.69) is 6.92 Å². The normalized spacial score (nSPS) is 11.6. The lowest BCUT2D eigenvalue weighted by Crippen LogP contribution is -2.14. The molecule has 1 rings (SSSR count). The third-order valence-corrected chi connectivity index (χ3v) is 5.02. The molecule has 0 unspecified atom stereocenters. The van der Waals surface area contributed by atoms with Crippen LogP contribution in [0.5, 0.6) is 0 Å². The first-order valence-electron chi connectivity index (χ1n) is 8.43. The molecule has 0 aromatic heterocycles. The summed E-state index contributed by atoms with van der Waals surface area (Å²) in [4.78, 5) is 11.8. The Labute approximate surface area is 140 Å². The first-order chi connectivity index (χ1) is 11.0. The minimum absolute atomic E-state index is 0.0897. The van der Waals surface area contributed by atoms with Crippen LogP contribution in [-0.2, 0) is 19.1 Å². The number of carbonyl (C=O) groups is 1. The molecule has 0 radical (unpaired) electrons. The molecule has 0 saturated carbocycles. The van der Waals surface area contributed by atoms with E-state index in [0.29, 0.717) is 6.42 Å². The van der Waals surface area contributed by atoms with Crippen LogP contribution in [0.25, 0.3) is 0 Å². The van der Waals surface area contributed by atoms with Crippen molar-refractivity contribution in [2.45, 2.75) is 70.1 Å². The zero-order chi connectivity index (χ0) is 17.1. The minimum atomic E-state index is -3.84. The van der Waals surface area contributed by atoms with Crippen LogP contribution in [0.1, 0.15) is 63.9 Å². The Balaban J connectivity index is 2.23. The van der Waals surface area contributed by atoms with E-state index < -0.39 is 10.1 Å². The molecule has 0 aliphatic carbocycles. The van der Waals surface area contributed by atoms with Gasteiger partial charge in [0.2, 0.25) is 0 Å². The molecule has 23 heavy (non-hydrogen) atoms. The lowest BCUT2D eigenvalue weighted by atomic mass is 10.1. The zero-order valence-corrected chi connectivity index (χ0v) is 15.0. The SMILES string of the molecule is CCCCCCCCCC(=O)COS(=O)(=O)c1ccc(C)cc1. The molecule has 4 nitrogen and oxygen atoms in total. The van der Waals surface area contributed by atoms with Gasteiger partial charge in [0.1, 0.15) is 6.61 Å². The van der Waals surface area contributed by atoms with Crippen LogP contribution in [-0.4, -0.2) is 20.8 Å². The highest BCUT2D eigenvalue weighted by atomic mass is 32.2. The highest BCUT2D eigenvalue weighted by molar-refractivity contribution is 7.86. The fraction of sp³-hybridized carbons (Fsp3) is 0.611. The first-order valence-corrected chi connectivity index (χ1v) is 9.84. The Morgan fingerprint density at radius 2 is 1.52 bits per heavy atom. The minimum Gasteiger partial charge on any atom is -0.297 e. The summed E-state index contributed by atoms with van der Waals surface area (Å²) in [7, 11) is -3.84. The summed E-state index contributed by atoms with van der Waals surface area (Å²) >= 11 is 0. The molecule has 0 aliphatic heterocycles. The number of aryl methyl sites for hydroxylation is 1. The molecule has 0 atom stereocenters. The van der Waals surface area contributed by atoms with Crippen molar-refractivity contribution in [3.8, 4) is 0 Å². The number of ketones is 1. The summed E-state index contributed by atoms with van der Waals surface area (Å²) in [6.45, 7) is 3.69. The molecule has 5 heteroatoms. The predicted molar refractivity (Wildman–Crippen MR) is 91.9 cm³/mol. The van der Waals surface area contributed by atoms with Crippen LogP contribution in [0, 0.1) is 6.92 Å². The van der Waals surface area contributed by atoms with Crippen molar-refractivity contribution < 1.29 is 17.4 Å². The third kappa shape index (κ3) is 8.28. The van der Waals surface area contributed by atoms with E-state index in [1.165, 1.54) is 37.8 Å². The Morgan fingerprint density at radius 3 is 2.13 bits per heavy atom. The van der Waals surface area contributed by atoms with Crippen molar-refractivity contribution in [3.05, 3.63) is 29.8 Å². The van der Waals surface area contributed by atoms with E-state index in [9.17, 15) is 13.2 Å². The van der Waals surface area contributed by atoms with Crippen molar-refractivity contribution in [2.75, 3.05) is 6.61 Å². The molecular formula is C18H28O4S. The van der Waals surface area contributed by atoms with E-state index in [0.717, 1.165) is 24.8 Å². The van der Waals surface area contributed by atoms with Crippen molar-refractivity contribution in [3.63, 3.8) is 0 Å². The maximum atomic E-state index is 12.0. The Bertz CT molecular complexity index is 561. The van der Waals surface area contributed by atoms with Crippen molar-refractivity contribution in [2.24, 2.45) is 0 Å². The number of carbonyl (C=O) groups excluding carboxylic acids is 1. The summed E-state index contributed by atoms with van der Waals surface area (Å²) < 4.78 is 28.8. The summed E-state index contributed by atoms with van der Waals surface area (Å²) in [5, 5.41) is 0. The van der Waals surface area contributed by atoms with E-state index in [1.54, 1.807) is 12.1 Å². The third-order valence-electron chi connectivity index (χ3n) is 3.74. The summed E-state index contributed by atoms with van der Waals surface area (Å²) in [6.07, 6.45) is 8.30. The topological polar surface area (TPSA) is 60.4 Å². The smallest absolute Gasteiger partial charge is 0.297 e. The van der Waals surface area contributed by atoms with E-state index in [1.807, 2.05) is 6.92 Å². The van der Waals surface area contributed by atoms with Crippen LogP contribution < -0.4 is 0 Å². The van der Waals surface area contributed by atoms with Gasteiger partial charge in [-0.3, -0.25) is 8.98 Å². The molecule has 0 aliphatic rings. The number of benzene rings is 1. The van der Waals surface area contributed by atoms with Crippen LogP contribution in [0.3, 0.4) is 0 Å².